The molecule has 554 valence electrons. The zero-order chi connectivity index (χ0) is 69.3. The number of aliphatic hydroxyl groups is 1. The molecule has 0 aromatic heterocycles. The van der Waals surface area contributed by atoms with E-state index in [2.05, 4.69) is 65.8 Å². The average molecular weight is 1380 g/mol. The molecule has 0 saturated heterocycles. The van der Waals surface area contributed by atoms with Crippen molar-refractivity contribution in [1.82, 2.24) is 0 Å². The van der Waals surface area contributed by atoms with E-state index in [1.54, 1.807) is 0 Å². The lowest BCUT2D eigenvalue weighted by atomic mass is 10.0. The Morgan fingerprint density at radius 2 is 0.574 bits per heavy atom. The minimum atomic E-state index is -4.96. The number of carbonyl (C=O) groups excluding carboxylic acids is 4. The van der Waals surface area contributed by atoms with Crippen LogP contribution in [0.4, 0.5) is 0 Å². The van der Waals surface area contributed by atoms with E-state index in [0.717, 1.165) is 121 Å². The Morgan fingerprint density at radius 1 is 0.330 bits per heavy atom. The Morgan fingerprint density at radius 3 is 0.872 bits per heavy atom. The van der Waals surface area contributed by atoms with Crippen LogP contribution in [-0.2, 0) is 65.4 Å². The van der Waals surface area contributed by atoms with E-state index in [1.165, 1.54) is 161 Å². The maximum Gasteiger partial charge on any atom is 0.472 e. The molecule has 0 heterocycles. The van der Waals surface area contributed by atoms with E-state index in [0.29, 0.717) is 25.7 Å². The summed E-state index contributed by atoms with van der Waals surface area (Å²) in [6.07, 6.45) is 56.7. The highest BCUT2D eigenvalue weighted by atomic mass is 31.2. The van der Waals surface area contributed by atoms with Crippen molar-refractivity contribution in [2.24, 2.45) is 11.8 Å². The van der Waals surface area contributed by atoms with Gasteiger partial charge in [-0.25, -0.2) is 9.13 Å². The molecule has 0 amide bonds. The molecule has 17 nitrogen and oxygen atoms in total. The lowest BCUT2D eigenvalue weighted by Gasteiger charge is -2.21. The summed E-state index contributed by atoms with van der Waals surface area (Å²) < 4.78 is 68.2. The second-order valence-corrected chi connectivity index (χ2v) is 30.2. The zero-order valence-electron chi connectivity index (χ0n) is 60.7. The lowest BCUT2D eigenvalue weighted by molar-refractivity contribution is -0.161. The molecule has 0 aliphatic rings. The van der Waals surface area contributed by atoms with Crippen molar-refractivity contribution in [2.45, 2.75) is 381 Å². The number of hydrogen-bond acceptors (Lipinski definition) is 15. The third-order valence-corrected chi connectivity index (χ3v) is 18.7. The molecule has 0 bridgehead atoms. The van der Waals surface area contributed by atoms with E-state index in [4.69, 9.17) is 37.0 Å². The van der Waals surface area contributed by atoms with E-state index in [-0.39, 0.29) is 25.7 Å². The molecule has 0 spiro atoms. The summed E-state index contributed by atoms with van der Waals surface area (Å²) in [6, 6.07) is 0. The summed E-state index contributed by atoms with van der Waals surface area (Å²) in [5, 5.41) is 10.6. The quantitative estimate of drug-likeness (QED) is 0.0169. The van der Waals surface area contributed by atoms with Crippen LogP contribution >= 0.6 is 15.6 Å². The highest BCUT2D eigenvalue weighted by Crippen LogP contribution is 2.45. The first-order valence-electron chi connectivity index (χ1n) is 38.3. The third kappa shape index (κ3) is 68.1. The van der Waals surface area contributed by atoms with Crippen molar-refractivity contribution in [1.29, 1.82) is 0 Å². The number of phosphoric acid groups is 2. The highest BCUT2D eigenvalue weighted by molar-refractivity contribution is 7.47. The standard InChI is InChI=1S/C75H142O17P2/c1-7-9-11-13-14-15-16-17-19-25-31-36-41-47-53-59-74(79)91-70(63-85-72(77)57-51-43-12-10-8-2)65-89-93(81,82)87-61-69(76)62-88-94(83,84)90-66-71(64-86-73(78)58-52-46-40-35-30-27-22-24-29-34-39-45-50-56-68(5)6)92-75(80)60-54-48-42-37-32-26-21-18-20-23-28-33-38-44-49-55-67(3)4/h15-17,19,67-71,76H,7-14,18,20-66H2,1-6H3,(H,81,82)(H,83,84)/b16-15-,19-17-/t69-,70+,71+/m0/s1. The van der Waals surface area contributed by atoms with Crippen LogP contribution in [0.3, 0.4) is 0 Å². The van der Waals surface area contributed by atoms with Gasteiger partial charge < -0.3 is 33.8 Å². The number of rotatable bonds is 72. The Balaban J connectivity index is 5.18. The minimum Gasteiger partial charge on any atom is -0.462 e. The molecule has 2 unspecified atom stereocenters. The zero-order valence-corrected chi connectivity index (χ0v) is 62.5. The maximum atomic E-state index is 13.1. The van der Waals surface area contributed by atoms with Crippen LogP contribution in [0, 0.1) is 11.8 Å². The number of unbranched alkanes of at least 4 members (excludes halogenated alkanes) is 39. The summed E-state index contributed by atoms with van der Waals surface area (Å²) in [5.41, 5.74) is 0. The fourth-order valence-corrected chi connectivity index (χ4v) is 12.5. The van der Waals surface area contributed by atoms with Gasteiger partial charge in [-0.3, -0.25) is 37.3 Å². The molecule has 94 heavy (non-hydrogen) atoms. The van der Waals surface area contributed by atoms with Crippen LogP contribution < -0.4 is 0 Å². The molecule has 0 aromatic carbocycles. The Bertz CT molecular complexity index is 1910. The summed E-state index contributed by atoms with van der Waals surface area (Å²) in [5.74, 6) is -0.568. The second-order valence-electron chi connectivity index (χ2n) is 27.3. The van der Waals surface area contributed by atoms with Gasteiger partial charge in [0.2, 0.25) is 0 Å². The van der Waals surface area contributed by atoms with Crippen molar-refractivity contribution >= 4 is 39.5 Å². The summed E-state index contributed by atoms with van der Waals surface area (Å²) in [6.45, 7) is 9.48. The molecule has 3 N–H and O–H groups in total. The topological polar surface area (TPSA) is 237 Å². The molecule has 0 aliphatic heterocycles. The van der Waals surface area contributed by atoms with Gasteiger partial charge in [-0.15, -0.1) is 0 Å². The molecule has 0 saturated carbocycles. The van der Waals surface area contributed by atoms with Crippen LogP contribution in [0.15, 0.2) is 24.3 Å². The van der Waals surface area contributed by atoms with E-state index in [9.17, 15) is 43.2 Å². The number of carbonyl (C=O) groups is 4. The molecular weight excluding hydrogens is 1230 g/mol. The van der Waals surface area contributed by atoms with Gasteiger partial charge in [0.05, 0.1) is 26.4 Å². The van der Waals surface area contributed by atoms with Gasteiger partial charge in [0.15, 0.2) is 12.2 Å². The number of hydrogen-bond donors (Lipinski definition) is 3. The fourth-order valence-electron chi connectivity index (χ4n) is 10.9. The number of allylic oxidation sites excluding steroid dienone is 4. The van der Waals surface area contributed by atoms with Crippen molar-refractivity contribution in [3.8, 4) is 0 Å². The van der Waals surface area contributed by atoms with Gasteiger partial charge in [0, 0.05) is 25.7 Å². The van der Waals surface area contributed by atoms with Crippen LogP contribution in [0.5, 0.6) is 0 Å². The lowest BCUT2D eigenvalue weighted by Crippen LogP contribution is -2.30. The van der Waals surface area contributed by atoms with Crippen molar-refractivity contribution in [3.05, 3.63) is 24.3 Å². The van der Waals surface area contributed by atoms with Crippen molar-refractivity contribution in [2.75, 3.05) is 39.6 Å². The van der Waals surface area contributed by atoms with Crippen molar-refractivity contribution in [3.63, 3.8) is 0 Å². The number of ether oxygens (including phenoxy) is 4. The number of phosphoric ester groups is 2. The van der Waals surface area contributed by atoms with Gasteiger partial charge in [0.1, 0.15) is 19.3 Å². The smallest absolute Gasteiger partial charge is 0.462 e. The maximum absolute atomic E-state index is 13.1. The molecule has 0 rings (SSSR count). The first-order valence-corrected chi connectivity index (χ1v) is 41.3. The Hall–Kier alpha value is -2.46. The predicted molar refractivity (Wildman–Crippen MR) is 381 cm³/mol. The second kappa shape index (κ2) is 66.4. The van der Waals surface area contributed by atoms with Gasteiger partial charge in [-0.2, -0.15) is 0 Å². The molecule has 0 aliphatic carbocycles. The van der Waals surface area contributed by atoms with Crippen LogP contribution in [0.25, 0.3) is 0 Å². The SMILES string of the molecule is CCCCCC/C=C\C=C/CCCCCCCC(=O)O[C@H](COC(=O)CCCCCCC)COP(=O)(O)OC[C@H](O)COP(=O)(O)OC[C@@H](COC(=O)CCCCCCCCCCCCCCCC(C)C)OC(=O)CCCCCCCCCCCCCCCCCC(C)C. The molecule has 0 aromatic rings. The van der Waals surface area contributed by atoms with Crippen molar-refractivity contribution < 1.29 is 80.2 Å². The minimum absolute atomic E-state index is 0.0841. The first kappa shape index (κ1) is 91.5. The third-order valence-electron chi connectivity index (χ3n) is 16.8. The molecule has 0 radical (unpaired) electrons. The number of aliphatic hydroxyl groups excluding tert-OH is 1. The van der Waals surface area contributed by atoms with Gasteiger partial charge >= 0.3 is 39.5 Å². The Kier molecular flexibility index (Phi) is 64.7. The Labute approximate surface area is 573 Å². The highest BCUT2D eigenvalue weighted by Gasteiger charge is 2.30. The van der Waals surface area contributed by atoms with Crippen LogP contribution in [0.1, 0.15) is 363 Å². The van der Waals surface area contributed by atoms with E-state index >= 15 is 0 Å². The van der Waals surface area contributed by atoms with E-state index in [1.807, 2.05) is 0 Å². The van der Waals surface area contributed by atoms with Gasteiger partial charge in [0.25, 0.3) is 0 Å². The molecular formula is C75H142O17P2. The fraction of sp³-hybridized carbons (Fsp3) is 0.893. The molecule has 0 fully saturated rings. The predicted octanol–water partition coefficient (Wildman–Crippen LogP) is 21.5. The summed E-state index contributed by atoms with van der Waals surface area (Å²) >= 11 is 0. The van der Waals surface area contributed by atoms with Crippen LogP contribution in [-0.4, -0.2) is 96.7 Å². The first-order chi connectivity index (χ1) is 45.4. The normalized spacial score (nSPS) is 14.2. The number of esters is 4. The molecule has 5 atom stereocenters. The van der Waals surface area contributed by atoms with Gasteiger partial charge in [-0.05, 0) is 63.2 Å². The molecule has 19 heteroatoms. The monoisotopic (exact) mass is 1380 g/mol. The summed E-state index contributed by atoms with van der Waals surface area (Å²) in [7, 11) is -9.91. The van der Waals surface area contributed by atoms with Crippen LogP contribution in [0.2, 0.25) is 0 Å². The average Bonchev–Trinajstić information content (AvgIpc) is 1.21. The van der Waals surface area contributed by atoms with E-state index < -0.39 is 97.5 Å². The van der Waals surface area contributed by atoms with Gasteiger partial charge in [-0.1, -0.05) is 310 Å². The largest absolute Gasteiger partial charge is 0.472 e. The summed E-state index contributed by atoms with van der Waals surface area (Å²) in [4.78, 5) is 72.5.